The molecule has 0 saturated heterocycles. The van der Waals surface area contributed by atoms with Crippen LogP contribution >= 0.6 is 0 Å². The van der Waals surface area contributed by atoms with Gasteiger partial charge in [-0.05, 0) is 43.3 Å². The third-order valence-electron chi connectivity index (χ3n) is 3.69. The summed E-state index contributed by atoms with van der Waals surface area (Å²) in [5.41, 5.74) is 4.84. The van der Waals surface area contributed by atoms with Crippen LogP contribution in [-0.4, -0.2) is 19.7 Å². The van der Waals surface area contributed by atoms with Crippen molar-refractivity contribution in [2.45, 2.75) is 6.92 Å². The molecule has 106 valence electrons. The van der Waals surface area contributed by atoms with Gasteiger partial charge in [0.15, 0.2) is 5.65 Å². The Labute approximate surface area is 128 Å². The van der Waals surface area contributed by atoms with Crippen LogP contribution in [0.4, 0.5) is 0 Å². The first-order valence-electron chi connectivity index (χ1n) is 7.15. The van der Waals surface area contributed by atoms with Crippen molar-refractivity contribution < 1.29 is 0 Å². The van der Waals surface area contributed by atoms with Crippen molar-refractivity contribution in [2.75, 3.05) is 0 Å². The van der Waals surface area contributed by atoms with Crippen molar-refractivity contribution in [3.63, 3.8) is 0 Å². The van der Waals surface area contributed by atoms with Crippen LogP contribution in [0.3, 0.4) is 0 Å². The van der Waals surface area contributed by atoms with Gasteiger partial charge in [-0.3, -0.25) is 4.98 Å². The summed E-state index contributed by atoms with van der Waals surface area (Å²) in [6.45, 7) is 2.01. The maximum absolute atomic E-state index is 4.82. The number of hydrogen-bond acceptors (Lipinski definition) is 3. The SMILES string of the molecule is Cc1nn(-c2ccccc2)c2nc(-c3ccncc3)ccc12. The number of hydrogen-bond donors (Lipinski definition) is 0. The van der Waals surface area contributed by atoms with Gasteiger partial charge in [-0.1, -0.05) is 18.2 Å². The maximum atomic E-state index is 4.82. The molecule has 4 aromatic rings. The first-order valence-corrected chi connectivity index (χ1v) is 7.15. The fourth-order valence-electron chi connectivity index (χ4n) is 2.58. The minimum absolute atomic E-state index is 0.873. The number of fused-ring (bicyclic) bond motifs is 1. The van der Waals surface area contributed by atoms with Crippen molar-refractivity contribution in [2.24, 2.45) is 0 Å². The van der Waals surface area contributed by atoms with Gasteiger partial charge in [0.05, 0.1) is 17.1 Å². The number of aromatic nitrogens is 4. The smallest absolute Gasteiger partial charge is 0.163 e. The summed E-state index contributed by atoms with van der Waals surface area (Å²) in [4.78, 5) is 8.87. The second-order valence-corrected chi connectivity index (χ2v) is 5.14. The zero-order chi connectivity index (χ0) is 14.9. The molecule has 0 radical (unpaired) electrons. The Morgan fingerprint density at radius 1 is 0.864 bits per heavy atom. The summed E-state index contributed by atoms with van der Waals surface area (Å²) in [5, 5.41) is 5.71. The van der Waals surface area contributed by atoms with E-state index < -0.39 is 0 Å². The molecule has 0 fully saturated rings. The number of para-hydroxylation sites is 1. The molecular weight excluding hydrogens is 272 g/mol. The van der Waals surface area contributed by atoms with Crippen molar-refractivity contribution in [1.29, 1.82) is 0 Å². The molecule has 0 amide bonds. The molecule has 0 saturated carbocycles. The lowest BCUT2D eigenvalue weighted by Gasteiger charge is -2.04. The van der Waals surface area contributed by atoms with Gasteiger partial charge < -0.3 is 0 Å². The standard InChI is InChI=1S/C18H14N4/c1-13-16-7-8-17(14-9-11-19-12-10-14)20-18(16)22(21-13)15-5-3-2-4-6-15/h2-12H,1H3. The van der Waals surface area contributed by atoms with Crippen molar-refractivity contribution in [3.8, 4) is 16.9 Å². The molecule has 3 heterocycles. The molecule has 1 aromatic carbocycles. The predicted molar refractivity (Wildman–Crippen MR) is 86.8 cm³/mol. The van der Waals surface area contributed by atoms with Gasteiger partial charge in [0, 0.05) is 23.3 Å². The van der Waals surface area contributed by atoms with E-state index in [1.54, 1.807) is 12.4 Å². The van der Waals surface area contributed by atoms with Gasteiger partial charge >= 0.3 is 0 Å². The van der Waals surface area contributed by atoms with Crippen LogP contribution in [0.5, 0.6) is 0 Å². The molecule has 0 aliphatic rings. The monoisotopic (exact) mass is 286 g/mol. The van der Waals surface area contributed by atoms with Crippen LogP contribution in [-0.2, 0) is 0 Å². The van der Waals surface area contributed by atoms with E-state index in [1.165, 1.54) is 0 Å². The Morgan fingerprint density at radius 3 is 2.41 bits per heavy atom. The molecule has 3 aromatic heterocycles. The fourth-order valence-corrected chi connectivity index (χ4v) is 2.58. The van der Waals surface area contributed by atoms with Gasteiger partial charge in [0.1, 0.15) is 0 Å². The first kappa shape index (κ1) is 12.7. The van der Waals surface area contributed by atoms with Crippen LogP contribution in [0.1, 0.15) is 5.69 Å². The average Bonchev–Trinajstić information content (AvgIpc) is 2.93. The lowest BCUT2D eigenvalue weighted by atomic mass is 10.1. The van der Waals surface area contributed by atoms with E-state index in [-0.39, 0.29) is 0 Å². The van der Waals surface area contributed by atoms with Crippen LogP contribution in [0.15, 0.2) is 67.0 Å². The summed E-state index contributed by atoms with van der Waals surface area (Å²) < 4.78 is 1.90. The molecule has 0 aliphatic carbocycles. The predicted octanol–water partition coefficient (Wildman–Crippen LogP) is 3.79. The highest BCUT2D eigenvalue weighted by Crippen LogP contribution is 2.24. The average molecular weight is 286 g/mol. The largest absolute Gasteiger partial charge is 0.265 e. The number of benzene rings is 1. The third-order valence-corrected chi connectivity index (χ3v) is 3.69. The summed E-state index contributed by atoms with van der Waals surface area (Å²) >= 11 is 0. The van der Waals surface area contributed by atoms with Crippen LogP contribution < -0.4 is 0 Å². The summed E-state index contributed by atoms with van der Waals surface area (Å²) in [6.07, 6.45) is 3.56. The number of nitrogens with zero attached hydrogens (tertiary/aromatic N) is 4. The molecule has 4 rings (SSSR count). The molecule has 22 heavy (non-hydrogen) atoms. The van der Waals surface area contributed by atoms with Gasteiger partial charge in [0.25, 0.3) is 0 Å². The Kier molecular flexibility index (Phi) is 2.93. The highest BCUT2D eigenvalue weighted by molar-refractivity contribution is 5.82. The Hall–Kier alpha value is -3.01. The molecule has 4 nitrogen and oxygen atoms in total. The quantitative estimate of drug-likeness (QED) is 0.563. The van der Waals surface area contributed by atoms with E-state index in [4.69, 9.17) is 4.98 Å². The number of rotatable bonds is 2. The molecule has 0 bridgehead atoms. The lowest BCUT2D eigenvalue weighted by Crippen LogP contribution is -1.98. The van der Waals surface area contributed by atoms with Crippen LogP contribution in [0.25, 0.3) is 28.0 Å². The summed E-state index contributed by atoms with van der Waals surface area (Å²) in [7, 11) is 0. The van der Waals surface area contributed by atoms with E-state index in [0.29, 0.717) is 0 Å². The van der Waals surface area contributed by atoms with Gasteiger partial charge in [0.2, 0.25) is 0 Å². The Morgan fingerprint density at radius 2 is 1.64 bits per heavy atom. The molecular formula is C18H14N4. The number of aryl methyl sites for hydroxylation is 1. The van der Waals surface area contributed by atoms with E-state index in [1.807, 2.05) is 60.1 Å². The minimum atomic E-state index is 0.873. The normalized spacial score (nSPS) is 11.0. The maximum Gasteiger partial charge on any atom is 0.163 e. The molecule has 0 atom stereocenters. The second kappa shape index (κ2) is 5.07. The molecule has 0 spiro atoms. The Bertz CT molecular complexity index is 927. The van der Waals surface area contributed by atoms with Gasteiger partial charge in [-0.2, -0.15) is 5.10 Å². The van der Waals surface area contributed by atoms with Crippen LogP contribution in [0.2, 0.25) is 0 Å². The van der Waals surface area contributed by atoms with E-state index in [9.17, 15) is 0 Å². The molecule has 0 unspecified atom stereocenters. The van der Waals surface area contributed by atoms with Gasteiger partial charge in [-0.25, -0.2) is 9.67 Å². The summed E-state index contributed by atoms with van der Waals surface area (Å²) in [6, 6.07) is 18.1. The molecule has 4 heteroatoms. The fraction of sp³-hybridized carbons (Fsp3) is 0.0556. The van der Waals surface area contributed by atoms with E-state index in [0.717, 1.165) is 33.7 Å². The molecule has 0 aliphatic heterocycles. The van der Waals surface area contributed by atoms with Crippen LogP contribution in [0, 0.1) is 6.92 Å². The lowest BCUT2D eigenvalue weighted by molar-refractivity contribution is 0.878. The zero-order valence-corrected chi connectivity index (χ0v) is 12.1. The zero-order valence-electron chi connectivity index (χ0n) is 12.1. The molecule has 0 N–H and O–H groups in total. The minimum Gasteiger partial charge on any atom is -0.265 e. The number of pyridine rings is 2. The van der Waals surface area contributed by atoms with Crippen molar-refractivity contribution in [3.05, 3.63) is 72.7 Å². The van der Waals surface area contributed by atoms with E-state index >= 15 is 0 Å². The third kappa shape index (κ3) is 2.05. The Balaban J connectivity index is 1.96. The highest BCUT2D eigenvalue weighted by Gasteiger charge is 2.11. The van der Waals surface area contributed by atoms with Gasteiger partial charge in [-0.15, -0.1) is 0 Å². The van der Waals surface area contributed by atoms with Crippen molar-refractivity contribution in [1.82, 2.24) is 19.7 Å². The summed E-state index contributed by atoms with van der Waals surface area (Å²) in [5.74, 6) is 0. The topological polar surface area (TPSA) is 43.6 Å². The van der Waals surface area contributed by atoms with Crippen molar-refractivity contribution >= 4 is 11.0 Å². The first-order chi connectivity index (χ1) is 10.8. The highest BCUT2D eigenvalue weighted by atomic mass is 15.3. The second-order valence-electron chi connectivity index (χ2n) is 5.14. The van der Waals surface area contributed by atoms with E-state index in [2.05, 4.69) is 16.1 Å².